The highest BCUT2D eigenvalue weighted by atomic mass is 79.9. The van der Waals surface area contributed by atoms with Gasteiger partial charge in [-0.25, -0.2) is 0 Å². The van der Waals surface area contributed by atoms with Gasteiger partial charge in [0.05, 0.1) is 0 Å². The molecule has 0 radical (unpaired) electrons. The van der Waals surface area contributed by atoms with Gasteiger partial charge in [-0.15, -0.1) is 0 Å². The van der Waals surface area contributed by atoms with E-state index in [-0.39, 0.29) is 0 Å². The van der Waals surface area contributed by atoms with Gasteiger partial charge >= 0.3 is 0 Å². The number of hydrogen-bond acceptors (Lipinski definition) is 1. The number of rotatable bonds is 1. The minimum absolute atomic E-state index is 0.584. The fourth-order valence-corrected chi connectivity index (χ4v) is 1.82. The summed E-state index contributed by atoms with van der Waals surface area (Å²) in [7, 11) is 0. The number of benzene rings is 1. The molecule has 0 saturated carbocycles. The van der Waals surface area contributed by atoms with Gasteiger partial charge in [-0.3, -0.25) is 0 Å². The topological polar surface area (TPSA) is 41.8 Å². The zero-order chi connectivity index (χ0) is 9.42. The molecule has 0 spiro atoms. The van der Waals surface area contributed by atoms with E-state index in [0.717, 1.165) is 9.99 Å². The quantitative estimate of drug-likeness (QED) is 0.789. The van der Waals surface area contributed by atoms with E-state index in [1.54, 1.807) is 0 Å². The van der Waals surface area contributed by atoms with Gasteiger partial charge in [0.25, 0.3) is 0 Å². The van der Waals surface area contributed by atoms with Crippen LogP contribution in [0.2, 0.25) is 0 Å². The Kier molecular flexibility index (Phi) is 2.14. The Balaban J connectivity index is 2.77. The normalized spacial score (nSPS) is 11.0. The van der Waals surface area contributed by atoms with E-state index >= 15 is 0 Å². The molecule has 68 valence electrons. The van der Waals surface area contributed by atoms with Crippen molar-refractivity contribution in [1.82, 2.24) is 4.98 Å². The molecule has 0 unspecified atom stereocenters. The maximum absolute atomic E-state index is 5.62. The van der Waals surface area contributed by atoms with Gasteiger partial charge in [0, 0.05) is 28.1 Å². The number of hydrogen-bond donors (Lipinski definition) is 2. The Morgan fingerprint density at radius 3 is 2.92 bits per heavy atom. The Morgan fingerprint density at radius 2 is 2.23 bits per heavy atom. The number of aromatic nitrogens is 1. The molecule has 0 aliphatic carbocycles. The summed E-state index contributed by atoms with van der Waals surface area (Å²) in [5, 5.41) is 1.23. The maximum atomic E-state index is 5.62. The van der Waals surface area contributed by atoms with E-state index in [9.17, 15) is 0 Å². The second-order valence-electron chi connectivity index (χ2n) is 3.17. The standard InChI is InChI=1S/C10H11BrN2/c1-6-2-8-7(4-12)5-13-10(8)3-9(6)11/h2-3,5,13H,4,12H2,1H3. The summed E-state index contributed by atoms with van der Waals surface area (Å²) in [5.74, 6) is 0. The van der Waals surface area contributed by atoms with E-state index in [4.69, 9.17) is 5.73 Å². The third-order valence-corrected chi connectivity index (χ3v) is 3.12. The highest BCUT2D eigenvalue weighted by Gasteiger charge is 2.04. The number of aromatic amines is 1. The Hall–Kier alpha value is -0.800. The van der Waals surface area contributed by atoms with Crippen molar-refractivity contribution in [3.8, 4) is 0 Å². The minimum atomic E-state index is 0.584. The molecule has 3 heteroatoms. The number of fused-ring (bicyclic) bond motifs is 1. The first-order valence-electron chi connectivity index (χ1n) is 4.18. The van der Waals surface area contributed by atoms with E-state index in [1.807, 2.05) is 6.20 Å². The molecule has 0 amide bonds. The van der Waals surface area contributed by atoms with E-state index < -0.39 is 0 Å². The molecular formula is C10H11BrN2. The van der Waals surface area contributed by atoms with Crippen LogP contribution in [-0.4, -0.2) is 4.98 Å². The molecule has 0 fully saturated rings. The van der Waals surface area contributed by atoms with Crippen molar-refractivity contribution in [2.45, 2.75) is 13.5 Å². The van der Waals surface area contributed by atoms with Crippen LogP contribution in [-0.2, 0) is 6.54 Å². The Morgan fingerprint density at radius 1 is 1.46 bits per heavy atom. The lowest BCUT2D eigenvalue weighted by Gasteiger charge is -1.99. The van der Waals surface area contributed by atoms with Gasteiger partial charge in [-0.05, 0) is 30.2 Å². The van der Waals surface area contributed by atoms with Crippen LogP contribution in [0, 0.1) is 6.92 Å². The number of nitrogens with one attached hydrogen (secondary N) is 1. The van der Waals surface area contributed by atoms with Crippen LogP contribution in [0.25, 0.3) is 10.9 Å². The third-order valence-electron chi connectivity index (χ3n) is 2.27. The van der Waals surface area contributed by atoms with Crippen LogP contribution in [0.3, 0.4) is 0 Å². The van der Waals surface area contributed by atoms with E-state index in [0.29, 0.717) is 6.54 Å². The molecule has 2 rings (SSSR count). The highest BCUT2D eigenvalue weighted by Crippen LogP contribution is 2.25. The molecular weight excluding hydrogens is 228 g/mol. The van der Waals surface area contributed by atoms with Gasteiger partial charge in [-0.1, -0.05) is 15.9 Å². The molecule has 1 aromatic carbocycles. The monoisotopic (exact) mass is 238 g/mol. The largest absolute Gasteiger partial charge is 0.361 e. The predicted molar refractivity (Wildman–Crippen MR) is 58.6 cm³/mol. The fourth-order valence-electron chi connectivity index (χ4n) is 1.48. The fraction of sp³-hybridized carbons (Fsp3) is 0.200. The van der Waals surface area contributed by atoms with Crippen molar-refractivity contribution < 1.29 is 0 Å². The van der Waals surface area contributed by atoms with Crippen LogP contribution in [0.5, 0.6) is 0 Å². The van der Waals surface area contributed by atoms with Crippen LogP contribution >= 0.6 is 15.9 Å². The second kappa shape index (κ2) is 3.16. The molecule has 2 nitrogen and oxygen atoms in total. The highest BCUT2D eigenvalue weighted by molar-refractivity contribution is 9.10. The van der Waals surface area contributed by atoms with E-state index in [2.05, 4.69) is 40.0 Å². The molecule has 0 atom stereocenters. The first-order valence-corrected chi connectivity index (χ1v) is 4.98. The lowest BCUT2D eigenvalue weighted by molar-refractivity contribution is 1.08. The molecule has 2 aromatic rings. The van der Waals surface area contributed by atoms with E-state index in [1.165, 1.54) is 16.5 Å². The number of H-pyrrole nitrogens is 1. The predicted octanol–water partition coefficient (Wildman–Crippen LogP) is 2.70. The second-order valence-corrected chi connectivity index (χ2v) is 4.02. The summed E-state index contributed by atoms with van der Waals surface area (Å²) in [6.45, 7) is 2.66. The molecule has 0 saturated heterocycles. The average Bonchev–Trinajstić information content (AvgIpc) is 2.48. The van der Waals surface area contributed by atoms with Crippen molar-refractivity contribution in [2.24, 2.45) is 5.73 Å². The Labute approximate surface area is 85.3 Å². The van der Waals surface area contributed by atoms with Gasteiger partial charge in [0.1, 0.15) is 0 Å². The number of halogens is 1. The first kappa shape index (κ1) is 8.78. The third kappa shape index (κ3) is 1.38. The van der Waals surface area contributed by atoms with Gasteiger partial charge in [0.2, 0.25) is 0 Å². The Bertz CT molecular complexity index is 445. The summed E-state index contributed by atoms with van der Waals surface area (Å²) in [5.41, 5.74) is 9.16. The molecule has 13 heavy (non-hydrogen) atoms. The summed E-state index contributed by atoms with van der Waals surface area (Å²) in [6, 6.07) is 4.24. The molecule has 3 N–H and O–H groups in total. The summed E-state index contributed by atoms with van der Waals surface area (Å²) in [4.78, 5) is 3.20. The van der Waals surface area contributed by atoms with Crippen molar-refractivity contribution in [3.05, 3.63) is 33.9 Å². The molecule has 0 aliphatic heterocycles. The summed E-state index contributed by atoms with van der Waals surface area (Å²) in [6.07, 6.45) is 1.97. The van der Waals surface area contributed by atoms with Crippen molar-refractivity contribution >= 4 is 26.8 Å². The summed E-state index contributed by atoms with van der Waals surface area (Å²) >= 11 is 3.50. The zero-order valence-electron chi connectivity index (χ0n) is 7.39. The number of nitrogens with two attached hydrogens (primary N) is 1. The number of aryl methyl sites for hydroxylation is 1. The minimum Gasteiger partial charge on any atom is -0.361 e. The molecule has 0 bridgehead atoms. The maximum Gasteiger partial charge on any atom is 0.0468 e. The average molecular weight is 239 g/mol. The lowest BCUT2D eigenvalue weighted by atomic mass is 10.1. The van der Waals surface area contributed by atoms with Crippen molar-refractivity contribution in [1.29, 1.82) is 0 Å². The molecule has 0 aliphatic rings. The molecule has 1 heterocycles. The smallest absolute Gasteiger partial charge is 0.0468 e. The van der Waals surface area contributed by atoms with Crippen LogP contribution in [0.1, 0.15) is 11.1 Å². The van der Waals surface area contributed by atoms with Crippen LogP contribution < -0.4 is 5.73 Å². The van der Waals surface area contributed by atoms with Gasteiger partial charge < -0.3 is 10.7 Å². The van der Waals surface area contributed by atoms with Gasteiger partial charge in [-0.2, -0.15) is 0 Å². The zero-order valence-corrected chi connectivity index (χ0v) is 8.98. The van der Waals surface area contributed by atoms with Crippen LogP contribution in [0.4, 0.5) is 0 Å². The summed E-state index contributed by atoms with van der Waals surface area (Å²) < 4.78 is 1.13. The van der Waals surface area contributed by atoms with Crippen molar-refractivity contribution in [2.75, 3.05) is 0 Å². The molecule has 1 aromatic heterocycles. The lowest BCUT2D eigenvalue weighted by Crippen LogP contribution is -1.94. The van der Waals surface area contributed by atoms with Crippen molar-refractivity contribution in [3.63, 3.8) is 0 Å². The first-order chi connectivity index (χ1) is 6.22. The van der Waals surface area contributed by atoms with Gasteiger partial charge in [0.15, 0.2) is 0 Å². The SMILES string of the molecule is Cc1cc2c(CN)c[nH]c2cc1Br. The van der Waals surface area contributed by atoms with Crippen LogP contribution in [0.15, 0.2) is 22.8 Å².